The molecule has 5 nitrogen and oxygen atoms in total. The number of aromatic nitrogens is 1. The Morgan fingerprint density at radius 2 is 2.24 bits per heavy atom. The van der Waals surface area contributed by atoms with Crippen molar-refractivity contribution in [1.29, 1.82) is 0 Å². The smallest absolute Gasteiger partial charge is 0.249 e. The van der Waals surface area contributed by atoms with E-state index in [2.05, 4.69) is 16.9 Å². The zero-order chi connectivity index (χ0) is 17.6. The lowest BCUT2D eigenvalue weighted by molar-refractivity contribution is -0.131. The second-order valence-electron chi connectivity index (χ2n) is 5.56. The zero-order valence-electron chi connectivity index (χ0n) is 14.0. The maximum absolute atomic E-state index is 12.0. The molecule has 0 fully saturated rings. The van der Waals surface area contributed by atoms with Gasteiger partial charge >= 0.3 is 0 Å². The maximum atomic E-state index is 12.0. The fourth-order valence-electron chi connectivity index (χ4n) is 2.29. The first-order valence-electron chi connectivity index (χ1n) is 8.12. The van der Waals surface area contributed by atoms with Crippen LogP contribution in [0.5, 0.6) is 0 Å². The van der Waals surface area contributed by atoms with Gasteiger partial charge in [0.15, 0.2) is 10.8 Å². The Bertz CT molecular complexity index is 835. The van der Waals surface area contributed by atoms with Crippen LogP contribution in [0, 0.1) is 0 Å². The molecule has 0 aliphatic rings. The van der Waals surface area contributed by atoms with Crippen molar-refractivity contribution in [1.82, 2.24) is 10.3 Å². The van der Waals surface area contributed by atoms with Gasteiger partial charge in [-0.05, 0) is 37.6 Å². The highest BCUT2D eigenvalue weighted by atomic mass is 32.1. The molecule has 0 saturated heterocycles. The summed E-state index contributed by atoms with van der Waals surface area (Å²) in [5.41, 5.74) is 0.958. The van der Waals surface area contributed by atoms with Crippen molar-refractivity contribution >= 4 is 27.5 Å². The molecule has 1 N–H and O–H groups in total. The Morgan fingerprint density at radius 1 is 1.40 bits per heavy atom. The summed E-state index contributed by atoms with van der Waals surface area (Å²) in [6.45, 7) is 6.16. The van der Waals surface area contributed by atoms with E-state index in [9.17, 15) is 4.79 Å². The van der Waals surface area contributed by atoms with Crippen molar-refractivity contribution in [3.8, 4) is 10.8 Å². The van der Waals surface area contributed by atoms with Crippen LogP contribution in [0.3, 0.4) is 0 Å². The molecule has 1 amide bonds. The van der Waals surface area contributed by atoms with E-state index in [0.717, 1.165) is 21.6 Å². The second-order valence-corrected chi connectivity index (χ2v) is 6.59. The summed E-state index contributed by atoms with van der Waals surface area (Å²) in [6, 6.07) is 11.7. The molecule has 1 aromatic carbocycles. The molecule has 0 spiro atoms. The van der Waals surface area contributed by atoms with Crippen LogP contribution >= 0.6 is 11.3 Å². The maximum Gasteiger partial charge on any atom is 0.249 e. The first kappa shape index (κ1) is 17.4. The van der Waals surface area contributed by atoms with E-state index in [1.807, 2.05) is 36.4 Å². The zero-order valence-corrected chi connectivity index (χ0v) is 14.8. The molecule has 0 aliphatic heterocycles. The molecule has 1 unspecified atom stereocenters. The molecule has 1 atom stereocenters. The standard InChI is InChI=1S/C19H20N2O3S/c1-3-4-11-23-13(2)18(22)20-12-14-9-10-16(24-14)19-21-15-7-5-6-8-17(15)25-19/h3,5-10,13H,1,4,11-12H2,2H3,(H,20,22). The van der Waals surface area contributed by atoms with E-state index in [1.54, 1.807) is 24.3 Å². The van der Waals surface area contributed by atoms with Crippen LogP contribution in [0.2, 0.25) is 0 Å². The third-order valence-electron chi connectivity index (χ3n) is 3.66. The fourth-order valence-corrected chi connectivity index (χ4v) is 3.21. The van der Waals surface area contributed by atoms with Gasteiger partial charge in [0.05, 0.1) is 23.4 Å². The van der Waals surface area contributed by atoms with Gasteiger partial charge in [-0.1, -0.05) is 18.2 Å². The Hall–Kier alpha value is -2.44. The molecule has 2 aromatic heterocycles. The fraction of sp³-hybridized carbons (Fsp3) is 0.263. The number of hydrogen-bond acceptors (Lipinski definition) is 5. The number of amides is 1. The second kappa shape index (κ2) is 8.09. The number of rotatable bonds is 8. The quantitative estimate of drug-likeness (QED) is 0.486. The van der Waals surface area contributed by atoms with E-state index in [1.165, 1.54) is 0 Å². The van der Waals surface area contributed by atoms with Crippen molar-refractivity contribution in [2.45, 2.75) is 26.0 Å². The van der Waals surface area contributed by atoms with Gasteiger partial charge in [0.1, 0.15) is 11.9 Å². The molecule has 2 heterocycles. The molecule has 3 rings (SSSR count). The normalized spacial score (nSPS) is 12.2. The average Bonchev–Trinajstić information content (AvgIpc) is 3.26. The van der Waals surface area contributed by atoms with Crippen LogP contribution < -0.4 is 5.32 Å². The Labute approximate surface area is 150 Å². The van der Waals surface area contributed by atoms with E-state index >= 15 is 0 Å². The number of carbonyl (C=O) groups excluding carboxylic acids is 1. The van der Waals surface area contributed by atoms with Crippen LogP contribution in [0.15, 0.2) is 53.5 Å². The van der Waals surface area contributed by atoms with Gasteiger partial charge in [0.25, 0.3) is 0 Å². The van der Waals surface area contributed by atoms with Crippen molar-refractivity contribution in [3.63, 3.8) is 0 Å². The minimum atomic E-state index is -0.501. The summed E-state index contributed by atoms with van der Waals surface area (Å²) < 4.78 is 12.3. The van der Waals surface area contributed by atoms with Gasteiger partial charge in [0, 0.05) is 0 Å². The molecule has 0 aliphatic carbocycles. The summed E-state index contributed by atoms with van der Waals surface area (Å²) in [4.78, 5) is 16.6. The first-order valence-corrected chi connectivity index (χ1v) is 8.94. The van der Waals surface area contributed by atoms with E-state index in [4.69, 9.17) is 9.15 Å². The highest BCUT2D eigenvalue weighted by Gasteiger charge is 2.14. The van der Waals surface area contributed by atoms with Gasteiger partial charge in [0.2, 0.25) is 5.91 Å². The summed E-state index contributed by atoms with van der Waals surface area (Å²) in [7, 11) is 0. The summed E-state index contributed by atoms with van der Waals surface area (Å²) in [5.74, 6) is 1.23. The molecule has 6 heteroatoms. The van der Waals surface area contributed by atoms with Crippen LogP contribution in [0.4, 0.5) is 0 Å². The number of furan rings is 1. The number of nitrogens with zero attached hydrogens (tertiary/aromatic N) is 1. The van der Waals surface area contributed by atoms with Gasteiger partial charge < -0.3 is 14.5 Å². The number of thiazole rings is 1. The van der Waals surface area contributed by atoms with Gasteiger partial charge in [-0.25, -0.2) is 4.98 Å². The molecule has 0 saturated carbocycles. The first-order chi connectivity index (χ1) is 12.2. The predicted octanol–water partition coefficient (Wildman–Crippen LogP) is 4.15. The monoisotopic (exact) mass is 356 g/mol. The summed E-state index contributed by atoms with van der Waals surface area (Å²) >= 11 is 1.58. The molecule has 130 valence electrons. The topological polar surface area (TPSA) is 64.4 Å². The molecular weight excluding hydrogens is 336 g/mol. The lowest BCUT2D eigenvalue weighted by atomic mass is 10.3. The molecule has 25 heavy (non-hydrogen) atoms. The van der Waals surface area contributed by atoms with Gasteiger partial charge in [-0.15, -0.1) is 17.9 Å². The predicted molar refractivity (Wildman–Crippen MR) is 99.4 cm³/mol. The summed E-state index contributed by atoms with van der Waals surface area (Å²) in [6.07, 6.45) is 1.98. The SMILES string of the molecule is C=CCCOC(C)C(=O)NCc1ccc(-c2nc3ccccc3s2)o1. The largest absolute Gasteiger partial charge is 0.457 e. The van der Waals surface area contributed by atoms with E-state index < -0.39 is 6.10 Å². The van der Waals surface area contributed by atoms with Crippen molar-refractivity contribution in [2.24, 2.45) is 0 Å². The number of para-hydroxylation sites is 1. The number of hydrogen-bond donors (Lipinski definition) is 1. The van der Waals surface area contributed by atoms with Crippen molar-refractivity contribution < 1.29 is 13.9 Å². The molecule has 3 aromatic rings. The third-order valence-corrected chi connectivity index (χ3v) is 4.71. The van der Waals surface area contributed by atoms with Gasteiger partial charge in [-0.2, -0.15) is 0 Å². The van der Waals surface area contributed by atoms with Crippen molar-refractivity contribution in [2.75, 3.05) is 6.61 Å². The third kappa shape index (κ3) is 4.35. The lowest BCUT2D eigenvalue weighted by Crippen LogP contribution is -2.34. The number of nitrogens with one attached hydrogen (secondary N) is 1. The highest BCUT2D eigenvalue weighted by molar-refractivity contribution is 7.21. The lowest BCUT2D eigenvalue weighted by Gasteiger charge is -2.11. The molecule has 0 radical (unpaired) electrons. The number of fused-ring (bicyclic) bond motifs is 1. The summed E-state index contributed by atoms with van der Waals surface area (Å²) in [5, 5.41) is 3.65. The van der Waals surface area contributed by atoms with Crippen LogP contribution in [-0.2, 0) is 16.1 Å². The Balaban J connectivity index is 1.58. The van der Waals surface area contributed by atoms with Crippen LogP contribution in [-0.4, -0.2) is 23.6 Å². The Kier molecular flexibility index (Phi) is 5.63. The van der Waals surface area contributed by atoms with Crippen molar-refractivity contribution in [3.05, 3.63) is 54.8 Å². The van der Waals surface area contributed by atoms with Crippen LogP contribution in [0.1, 0.15) is 19.1 Å². The molecular formula is C19H20N2O3S. The average molecular weight is 356 g/mol. The van der Waals surface area contributed by atoms with Crippen LogP contribution in [0.25, 0.3) is 21.0 Å². The minimum absolute atomic E-state index is 0.165. The van der Waals surface area contributed by atoms with E-state index in [0.29, 0.717) is 24.7 Å². The number of ether oxygens (including phenoxy) is 1. The highest BCUT2D eigenvalue weighted by Crippen LogP contribution is 2.31. The number of benzene rings is 1. The minimum Gasteiger partial charge on any atom is -0.457 e. The number of carbonyl (C=O) groups is 1. The van der Waals surface area contributed by atoms with Gasteiger partial charge in [-0.3, -0.25) is 4.79 Å². The van der Waals surface area contributed by atoms with E-state index in [-0.39, 0.29) is 5.91 Å². The Morgan fingerprint density at radius 3 is 3.04 bits per heavy atom. The molecule has 0 bridgehead atoms.